The quantitative estimate of drug-likeness (QED) is 0.180. The molecule has 0 saturated carbocycles. The van der Waals surface area contributed by atoms with Crippen molar-refractivity contribution < 1.29 is 14.6 Å². The van der Waals surface area contributed by atoms with Crippen LogP contribution in [0.1, 0.15) is 67.4 Å². The fraction of sp³-hybridized carbons (Fsp3) is 0.303. The Morgan fingerprint density at radius 1 is 0.951 bits per heavy atom. The van der Waals surface area contributed by atoms with Crippen molar-refractivity contribution in [3.8, 4) is 16.9 Å². The van der Waals surface area contributed by atoms with Gasteiger partial charge in [-0.15, -0.1) is 0 Å². The Kier molecular flexibility index (Phi) is 10.2. The number of nitrogens with zero attached hydrogens (tertiary/aromatic N) is 2. The zero-order valence-electron chi connectivity index (χ0n) is 23.5. The number of aryl methyl sites for hydroxylation is 3. The Balaban J connectivity index is 1.77. The summed E-state index contributed by atoms with van der Waals surface area (Å²) in [4.78, 5) is 31.0. The largest absolute Gasteiger partial charge is 0.478 e. The van der Waals surface area contributed by atoms with Crippen molar-refractivity contribution in [3.63, 3.8) is 0 Å². The molecule has 41 heavy (non-hydrogen) atoms. The van der Waals surface area contributed by atoms with Gasteiger partial charge in [0.25, 0.3) is 5.56 Å². The lowest BCUT2D eigenvalue weighted by atomic mass is 10.0. The number of benzene rings is 3. The minimum Gasteiger partial charge on any atom is -0.478 e. The fourth-order valence-electron chi connectivity index (χ4n) is 4.94. The number of hydrogen-bond donors (Lipinski definition) is 1. The van der Waals surface area contributed by atoms with Gasteiger partial charge in [-0.1, -0.05) is 98.4 Å². The molecule has 0 aliphatic heterocycles. The van der Waals surface area contributed by atoms with E-state index in [-0.39, 0.29) is 12.1 Å². The molecule has 6 nitrogen and oxygen atoms in total. The minimum atomic E-state index is -1.13. The van der Waals surface area contributed by atoms with Gasteiger partial charge in [0, 0.05) is 17.5 Å². The van der Waals surface area contributed by atoms with Crippen molar-refractivity contribution in [2.24, 2.45) is 0 Å². The first-order valence-corrected chi connectivity index (χ1v) is 14.6. The summed E-state index contributed by atoms with van der Waals surface area (Å²) in [5, 5.41) is 10.7. The van der Waals surface area contributed by atoms with Crippen LogP contribution >= 0.6 is 23.2 Å². The average molecular weight is 594 g/mol. The lowest BCUT2D eigenvalue weighted by Crippen LogP contribution is -2.28. The first kappa shape index (κ1) is 30.4. The number of unbranched alkanes of at least 4 members (excludes halogenated alkanes) is 1. The van der Waals surface area contributed by atoms with E-state index in [0.717, 1.165) is 30.4 Å². The molecule has 1 heterocycles. The molecule has 0 radical (unpaired) electrons. The van der Waals surface area contributed by atoms with Crippen LogP contribution in [0, 0.1) is 6.92 Å². The number of halogens is 2. The fourth-order valence-corrected chi connectivity index (χ4v) is 5.53. The average Bonchev–Trinajstić information content (AvgIpc) is 2.95. The third-order valence-electron chi connectivity index (χ3n) is 6.95. The lowest BCUT2D eigenvalue weighted by Gasteiger charge is -2.20. The Morgan fingerprint density at radius 3 is 2.29 bits per heavy atom. The van der Waals surface area contributed by atoms with E-state index in [1.807, 2.05) is 25.1 Å². The van der Waals surface area contributed by atoms with Crippen LogP contribution in [0.3, 0.4) is 0 Å². The summed E-state index contributed by atoms with van der Waals surface area (Å²) in [5.74, 6) is 0.149. The highest BCUT2D eigenvalue weighted by Gasteiger charge is 2.24. The summed E-state index contributed by atoms with van der Waals surface area (Å²) in [7, 11) is 0. The molecule has 214 valence electrons. The van der Waals surface area contributed by atoms with Crippen LogP contribution < -0.4 is 10.3 Å². The summed E-state index contributed by atoms with van der Waals surface area (Å²) in [6.07, 6.45) is 2.91. The standard InChI is InChI=1S/C33H34Cl2N2O4/c1-4-6-16-28-36-21(3)29(30-25(34)14-10-15-26(30)35)32(38)37(28)20-22-17-18-27(24(19-22)11-5-2)41-31(33(39)40)23-12-8-7-9-13-23/h7-10,12-15,17-19,31H,4-6,11,16,20H2,1-3H3,(H,39,40). The number of carboxylic acids is 1. The zero-order chi connectivity index (χ0) is 29.5. The number of rotatable bonds is 12. The predicted molar refractivity (Wildman–Crippen MR) is 164 cm³/mol. The Hall–Kier alpha value is -3.61. The van der Waals surface area contributed by atoms with Gasteiger partial charge in [-0.05, 0) is 49.1 Å². The van der Waals surface area contributed by atoms with Gasteiger partial charge in [-0.3, -0.25) is 9.36 Å². The van der Waals surface area contributed by atoms with E-state index in [0.29, 0.717) is 56.8 Å². The molecular formula is C33H34Cl2N2O4. The first-order chi connectivity index (χ1) is 19.7. The summed E-state index contributed by atoms with van der Waals surface area (Å²) in [5.41, 5.74) is 3.59. The molecule has 0 amide bonds. The van der Waals surface area contributed by atoms with Crippen LogP contribution in [0.25, 0.3) is 11.1 Å². The van der Waals surface area contributed by atoms with Crippen LogP contribution in [0.4, 0.5) is 0 Å². The third kappa shape index (κ3) is 7.00. The molecule has 0 fully saturated rings. The molecule has 3 aromatic carbocycles. The molecule has 4 aromatic rings. The normalized spacial score (nSPS) is 11.8. The first-order valence-electron chi connectivity index (χ1n) is 13.9. The van der Waals surface area contributed by atoms with Gasteiger partial charge in [-0.25, -0.2) is 9.78 Å². The smallest absolute Gasteiger partial charge is 0.349 e. The maximum absolute atomic E-state index is 14.1. The SMILES string of the molecule is CCCCc1nc(C)c(-c2c(Cl)cccc2Cl)c(=O)n1Cc1ccc(OC(C(=O)O)c2ccccc2)c(CCC)c1. The van der Waals surface area contributed by atoms with E-state index in [9.17, 15) is 14.7 Å². The Labute approximate surface area is 250 Å². The molecule has 1 atom stereocenters. The Morgan fingerprint density at radius 2 is 1.66 bits per heavy atom. The number of carboxylic acid groups (broad SMARTS) is 1. The molecule has 1 unspecified atom stereocenters. The van der Waals surface area contributed by atoms with E-state index in [1.54, 1.807) is 53.1 Å². The highest BCUT2D eigenvalue weighted by atomic mass is 35.5. The highest BCUT2D eigenvalue weighted by molar-refractivity contribution is 6.39. The van der Waals surface area contributed by atoms with Crippen LogP contribution in [-0.4, -0.2) is 20.6 Å². The van der Waals surface area contributed by atoms with Gasteiger partial charge in [0.05, 0.1) is 27.8 Å². The van der Waals surface area contributed by atoms with Gasteiger partial charge in [0.15, 0.2) is 0 Å². The number of aromatic nitrogens is 2. The second-order valence-electron chi connectivity index (χ2n) is 10.0. The van der Waals surface area contributed by atoms with E-state index in [1.165, 1.54) is 0 Å². The van der Waals surface area contributed by atoms with E-state index in [2.05, 4.69) is 13.8 Å². The van der Waals surface area contributed by atoms with Crippen molar-refractivity contribution in [3.05, 3.63) is 115 Å². The van der Waals surface area contributed by atoms with Crippen molar-refractivity contribution in [2.45, 2.75) is 65.5 Å². The second kappa shape index (κ2) is 13.8. The lowest BCUT2D eigenvalue weighted by molar-refractivity contribution is -0.145. The van der Waals surface area contributed by atoms with Gasteiger partial charge in [-0.2, -0.15) is 0 Å². The van der Waals surface area contributed by atoms with Gasteiger partial charge in [0.2, 0.25) is 6.10 Å². The van der Waals surface area contributed by atoms with Gasteiger partial charge in [0.1, 0.15) is 11.6 Å². The molecule has 1 N–H and O–H groups in total. The number of hydrogen-bond acceptors (Lipinski definition) is 4. The molecular weight excluding hydrogens is 559 g/mol. The number of aliphatic carboxylic acids is 1. The number of carbonyl (C=O) groups is 1. The van der Waals surface area contributed by atoms with Crippen LogP contribution in [0.2, 0.25) is 10.0 Å². The molecule has 4 rings (SSSR count). The molecule has 0 spiro atoms. The summed E-state index contributed by atoms with van der Waals surface area (Å²) in [6, 6.07) is 19.7. The molecule has 1 aromatic heterocycles. The molecule has 0 aliphatic carbocycles. The topological polar surface area (TPSA) is 81.4 Å². The second-order valence-corrected chi connectivity index (χ2v) is 10.8. The highest BCUT2D eigenvalue weighted by Crippen LogP contribution is 2.34. The third-order valence-corrected chi connectivity index (χ3v) is 7.58. The summed E-state index contributed by atoms with van der Waals surface area (Å²) < 4.78 is 7.76. The maximum atomic E-state index is 14.1. The summed E-state index contributed by atoms with van der Waals surface area (Å²) in [6.45, 7) is 6.26. The van der Waals surface area contributed by atoms with Crippen molar-refractivity contribution >= 4 is 29.2 Å². The number of ether oxygens (including phenoxy) is 1. The Bertz CT molecular complexity index is 1560. The van der Waals surface area contributed by atoms with Crippen LogP contribution in [0.15, 0.2) is 71.5 Å². The molecule has 8 heteroatoms. The van der Waals surface area contributed by atoms with Crippen molar-refractivity contribution in [2.75, 3.05) is 0 Å². The van der Waals surface area contributed by atoms with Crippen LogP contribution in [0.5, 0.6) is 5.75 Å². The van der Waals surface area contributed by atoms with E-state index < -0.39 is 12.1 Å². The molecule has 0 saturated heterocycles. The molecule has 0 bridgehead atoms. The van der Waals surface area contributed by atoms with E-state index >= 15 is 0 Å². The minimum absolute atomic E-state index is 0.203. The van der Waals surface area contributed by atoms with Crippen molar-refractivity contribution in [1.29, 1.82) is 0 Å². The van der Waals surface area contributed by atoms with Crippen LogP contribution in [-0.2, 0) is 24.2 Å². The monoisotopic (exact) mass is 592 g/mol. The zero-order valence-corrected chi connectivity index (χ0v) is 25.0. The van der Waals surface area contributed by atoms with Gasteiger partial charge >= 0.3 is 5.97 Å². The molecule has 0 aliphatic rings. The predicted octanol–water partition coefficient (Wildman–Crippen LogP) is 8.07. The van der Waals surface area contributed by atoms with Crippen molar-refractivity contribution in [1.82, 2.24) is 9.55 Å². The maximum Gasteiger partial charge on any atom is 0.349 e. The summed E-state index contributed by atoms with van der Waals surface area (Å²) >= 11 is 13.0. The van der Waals surface area contributed by atoms with Gasteiger partial charge < -0.3 is 9.84 Å². The van der Waals surface area contributed by atoms with E-state index in [4.69, 9.17) is 32.9 Å².